The van der Waals surface area contributed by atoms with Crippen molar-refractivity contribution >= 4 is 81.7 Å². The first-order chi connectivity index (χ1) is 25.2. The molecule has 0 saturated heterocycles. The lowest BCUT2D eigenvalue weighted by Crippen LogP contribution is -2.09. The van der Waals surface area contributed by atoms with E-state index in [9.17, 15) is 0 Å². The molecule has 0 aliphatic rings. The molecule has 0 atom stereocenters. The van der Waals surface area contributed by atoms with E-state index in [-0.39, 0.29) is 0 Å². The molecule has 1 heteroatoms. The highest BCUT2D eigenvalue weighted by Gasteiger charge is 2.17. The van der Waals surface area contributed by atoms with Crippen LogP contribution in [0.4, 0.5) is 17.1 Å². The maximum absolute atomic E-state index is 2.37. The summed E-state index contributed by atoms with van der Waals surface area (Å²) in [5.41, 5.74) is 8.29. The number of para-hydroxylation sites is 1. The highest BCUT2D eigenvalue weighted by atomic mass is 15.1. The number of nitrogens with zero attached hydrogens (tertiary/aromatic N) is 1. The van der Waals surface area contributed by atoms with E-state index >= 15 is 0 Å². The Balaban J connectivity index is 0.955. The summed E-state index contributed by atoms with van der Waals surface area (Å²) < 4.78 is 0. The van der Waals surface area contributed by atoms with Crippen molar-refractivity contribution in [2.45, 2.75) is 0 Å². The van der Waals surface area contributed by atoms with Gasteiger partial charge in [0.25, 0.3) is 0 Å². The van der Waals surface area contributed by atoms with Crippen molar-refractivity contribution in [3.8, 4) is 22.3 Å². The Morgan fingerprint density at radius 1 is 0.216 bits per heavy atom. The third-order valence-corrected chi connectivity index (χ3v) is 10.9. The summed E-state index contributed by atoms with van der Waals surface area (Å²) in [6.45, 7) is 0. The molecule has 0 amide bonds. The zero-order valence-electron chi connectivity index (χ0n) is 27.8. The molecule has 0 aromatic heterocycles. The number of benzene rings is 11. The molecule has 0 spiro atoms. The van der Waals surface area contributed by atoms with Crippen LogP contribution < -0.4 is 4.90 Å². The van der Waals surface area contributed by atoms with Gasteiger partial charge in [0.15, 0.2) is 0 Å². The summed E-state index contributed by atoms with van der Waals surface area (Å²) in [6.07, 6.45) is 0. The molecular weight excluding hydrogens is 615 g/mol. The number of anilines is 3. The lowest BCUT2D eigenvalue weighted by Gasteiger charge is -2.26. The summed E-state index contributed by atoms with van der Waals surface area (Å²) in [7, 11) is 0. The second kappa shape index (κ2) is 10.9. The third-order valence-electron chi connectivity index (χ3n) is 10.9. The predicted octanol–water partition coefficient (Wildman–Crippen LogP) is 14.3. The van der Waals surface area contributed by atoms with E-state index in [2.05, 4.69) is 193 Å². The van der Waals surface area contributed by atoms with Crippen LogP contribution in [-0.2, 0) is 0 Å². The molecule has 11 rings (SSSR count). The average Bonchev–Trinajstić information content (AvgIpc) is 3.20. The largest absolute Gasteiger partial charge is 0.310 e. The van der Waals surface area contributed by atoms with Crippen LogP contribution in [0.3, 0.4) is 0 Å². The van der Waals surface area contributed by atoms with Crippen molar-refractivity contribution in [1.82, 2.24) is 0 Å². The van der Waals surface area contributed by atoms with E-state index in [0.29, 0.717) is 0 Å². The van der Waals surface area contributed by atoms with Crippen molar-refractivity contribution < 1.29 is 0 Å². The van der Waals surface area contributed by atoms with Gasteiger partial charge in [-0.05, 0) is 135 Å². The van der Waals surface area contributed by atoms with Crippen molar-refractivity contribution in [3.63, 3.8) is 0 Å². The van der Waals surface area contributed by atoms with Crippen LogP contribution in [0.25, 0.3) is 86.9 Å². The van der Waals surface area contributed by atoms with Crippen molar-refractivity contribution in [1.29, 1.82) is 0 Å². The van der Waals surface area contributed by atoms with Gasteiger partial charge in [0.2, 0.25) is 0 Å². The van der Waals surface area contributed by atoms with Gasteiger partial charge in [-0.15, -0.1) is 0 Å². The molecule has 11 aromatic rings. The Morgan fingerprint density at radius 2 is 0.569 bits per heavy atom. The predicted molar refractivity (Wildman–Crippen MR) is 219 cm³/mol. The van der Waals surface area contributed by atoms with Crippen LogP contribution in [0.15, 0.2) is 188 Å². The maximum Gasteiger partial charge on any atom is 0.0473 e. The summed E-state index contributed by atoms with van der Waals surface area (Å²) in [6, 6.07) is 69.3. The fraction of sp³-hybridized carbons (Fsp3) is 0. The topological polar surface area (TPSA) is 3.24 Å². The van der Waals surface area contributed by atoms with Gasteiger partial charge in [-0.25, -0.2) is 0 Å². The van der Waals surface area contributed by atoms with E-state index in [1.807, 2.05) is 0 Å². The second-order valence-electron chi connectivity index (χ2n) is 13.8. The van der Waals surface area contributed by atoms with Crippen molar-refractivity contribution in [2.75, 3.05) is 4.90 Å². The summed E-state index contributed by atoms with van der Waals surface area (Å²) in [4.78, 5) is 2.37. The molecule has 236 valence electrons. The molecule has 0 unspecified atom stereocenters. The lowest BCUT2D eigenvalue weighted by atomic mass is 9.91. The zero-order valence-corrected chi connectivity index (χ0v) is 27.8. The molecule has 0 N–H and O–H groups in total. The van der Waals surface area contributed by atoms with E-state index < -0.39 is 0 Å². The molecule has 0 radical (unpaired) electrons. The Kier molecular flexibility index (Phi) is 6.02. The number of hydrogen-bond donors (Lipinski definition) is 0. The Labute approximate surface area is 295 Å². The van der Waals surface area contributed by atoms with E-state index in [1.165, 1.54) is 86.9 Å². The fourth-order valence-electron chi connectivity index (χ4n) is 8.47. The fourth-order valence-corrected chi connectivity index (χ4v) is 8.47. The third kappa shape index (κ3) is 4.42. The van der Waals surface area contributed by atoms with Gasteiger partial charge in [-0.3, -0.25) is 0 Å². The second-order valence-corrected chi connectivity index (χ2v) is 13.8. The average molecular weight is 646 g/mol. The standard InChI is InChI=1S/C50H31N/c1-2-10-44(11-3-1)51(46-30-41-22-18-37-8-5-9-38-19-23-42(31-46)50(41)48(37)38)45-26-24-33(25-27-45)32-12-14-34(15-13-32)43-28-39-20-16-35-6-4-7-36-17-21-40(29-43)49(39)47(35)36/h1-31H. The van der Waals surface area contributed by atoms with Crippen LogP contribution in [0.5, 0.6) is 0 Å². The zero-order chi connectivity index (χ0) is 33.5. The molecule has 11 aromatic carbocycles. The lowest BCUT2D eigenvalue weighted by molar-refractivity contribution is 1.29. The molecule has 51 heavy (non-hydrogen) atoms. The molecule has 0 bridgehead atoms. The van der Waals surface area contributed by atoms with Gasteiger partial charge >= 0.3 is 0 Å². The van der Waals surface area contributed by atoms with Crippen molar-refractivity contribution in [2.24, 2.45) is 0 Å². The van der Waals surface area contributed by atoms with Crippen LogP contribution in [0.1, 0.15) is 0 Å². The Hall–Kier alpha value is -6.70. The molecule has 0 aliphatic heterocycles. The Bertz CT molecular complexity index is 2920. The molecular formula is C50H31N. The minimum absolute atomic E-state index is 1.13. The first kappa shape index (κ1) is 28.2. The molecule has 0 saturated carbocycles. The first-order valence-corrected chi connectivity index (χ1v) is 17.7. The molecule has 0 aliphatic carbocycles. The highest BCUT2D eigenvalue weighted by Crippen LogP contribution is 2.42. The van der Waals surface area contributed by atoms with Crippen LogP contribution in [0, 0.1) is 0 Å². The monoisotopic (exact) mass is 645 g/mol. The smallest absolute Gasteiger partial charge is 0.0473 e. The quantitative estimate of drug-likeness (QED) is 0.168. The summed E-state index contributed by atoms with van der Waals surface area (Å²) in [5.74, 6) is 0. The highest BCUT2D eigenvalue weighted by molar-refractivity contribution is 6.25. The van der Waals surface area contributed by atoms with Gasteiger partial charge in [0.1, 0.15) is 0 Å². The van der Waals surface area contributed by atoms with Crippen molar-refractivity contribution in [3.05, 3.63) is 188 Å². The Morgan fingerprint density at radius 3 is 1.04 bits per heavy atom. The summed E-state index contributed by atoms with van der Waals surface area (Å²) in [5, 5.41) is 15.7. The maximum atomic E-state index is 2.37. The number of rotatable bonds is 5. The van der Waals surface area contributed by atoms with Gasteiger partial charge in [0.05, 0.1) is 0 Å². The number of hydrogen-bond acceptors (Lipinski definition) is 1. The van der Waals surface area contributed by atoms with Gasteiger partial charge < -0.3 is 4.90 Å². The molecule has 0 fully saturated rings. The van der Waals surface area contributed by atoms with Crippen LogP contribution in [-0.4, -0.2) is 0 Å². The van der Waals surface area contributed by atoms with E-state index in [1.54, 1.807) is 0 Å². The summed E-state index contributed by atoms with van der Waals surface area (Å²) >= 11 is 0. The van der Waals surface area contributed by atoms with Gasteiger partial charge in [-0.2, -0.15) is 0 Å². The SMILES string of the molecule is c1ccc(N(c2ccc(-c3ccc(-c4cc5ccc6cccc7ccc(c4)c5c67)cc3)cc2)c2cc3ccc4cccc5ccc(c2)c3c45)cc1. The normalized spacial score (nSPS) is 11.9. The van der Waals surface area contributed by atoms with E-state index in [0.717, 1.165) is 17.1 Å². The first-order valence-electron chi connectivity index (χ1n) is 17.7. The molecule has 1 nitrogen and oxygen atoms in total. The van der Waals surface area contributed by atoms with E-state index in [4.69, 9.17) is 0 Å². The minimum atomic E-state index is 1.13. The van der Waals surface area contributed by atoms with Crippen LogP contribution >= 0.6 is 0 Å². The van der Waals surface area contributed by atoms with Crippen LogP contribution in [0.2, 0.25) is 0 Å². The minimum Gasteiger partial charge on any atom is -0.310 e. The van der Waals surface area contributed by atoms with Gasteiger partial charge in [-0.1, -0.05) is 140 Å². The van der Waals surface area contributed by atoms with Gasteiger partial charge in [0, 0.05) is 17.1 Å². The molecule has 0 heterocycles.